The van der Waals surface area contributed by atoms with Gasteiger partial charge in [-0.15, -0.1) is 0 Å². The maximum Gasteiger partial charge on any atom is 0.243 e. The van der Waals surface area contributed by atoms with Crippen molar-refractivity contribution >= 4 is 21.6 Å². The first kappa shape index (κ1) is 21.9. The Morgan fingerprint density at radius 1 is 1.00 bits per heavy atom. The summed E-state index contributed by atoms with van der Waals surface area (Å²) in [5, 5.41) is 2.85. The molecule has 1 amide bonds. The van der Waals surface area contributed by atoms with Crippen molar-refractivity contribution in [3.05, 3.63) is 42.5 Å². The van der Waals surface area contributed by atoms with Crippen molar-refractivity contribution in [2.75, 3.05) is 39.7 Å². The second kappa shape index (κ2) is 9.36. The van der Waals surface area contributed by atoms with Crippen LogP contribution in [0.15, 0.2) is 47.4 Å². The molecule has 0 unspecified atom stereocenters. The van der Waals surface area contributed by atoms with Crippen molar-refractivity contribution in [3.8, 4) is 17.2 Å². The van der Waals surface area contributed by atoms with Crippen molar-refractivity contribution in [3.63, 3.8) is 0 Å². The summed E-state index contributed by atoms with van der Waals surface area (Å²) in [4.78, 5) is 13.1. The molecule has 8 nitrogen and oxygen atoms in total. The molecule has 30 heavy (non-hydrogen) atoms. The lowest BCUT2D eigenvalue weighted by Crippen LogP contribution is -2.43. The van der Waals surface area contributed by atoms with E-state index in [-0.39, 0.29) is 17.3 Å². The van der Waals surface area contributed by atoms with E-state index in [1.165, 1.54) is 37.8 Å². The van der Waals surface area contributed by atoms with Crippen LogP contribution in [0.1, 0.15) is 12.8 Å². The first-order chi connectivity index (χ1) is 14.4. The standard InChI is InChI=1S/C21H26N2O6S/c1-27-16-6-9-18(10-7-16)30(25,26)23-12-4-5-15(14-23)21(24)22-19-13-17(28-2)8-11-20(19)29-3/h6-11,13,15H,4-5,12,14H2,1-3H3,(H,22,24)/t15-/m0/s1. The smallest absolute Gasteiger partial charge is 0.243 e. The van der Waals surface area contributed by atoms with Gasteiger partial charge in [0.05, 0.1) is 37.8 Å². The number of carbonyl (C=O) groups excluding carboxylic acids is 1. The third-order valence-corrected chi connectivity index (χ3v) is 7.00. The summed E-state index contributed by atoms with van der Waals surface area (Å²) in [5.74, 6) is 0.942. The van der Waals surface area contributed by atoms with Crippen LogP contribution in [0.4, 0.5) is 5.69 Å². The van der Waals surface area contributed by atoms with Crippen LogP contribution in [-0.2, 0) is 14.8 Å². The third-order valence-electron chi connectivity index (χ3n) is 5.12. The van der Waals surface area contributed by atoms with E-state index in [2.05, 4.69) is 5.32 Å². The number of anilines is 1. The molecule has 0 aliphatic carbocycles. The van der Waals surface area contributed by atoms with E-state index < -0.39 is 15.9 Å². The fraction of sp³-hybridized carbons (Fsp3) is 0.381. The molecular weight excluding hydrogens is 408 g/mol. The summed E-state index contributed by atoms with van der Waals surface area (Å²) in [6.45, 7) is 0.493. The molecule has 1 N–H and O–H groups in total. The van der Waals surface area contributed by atoms with E-state index >= 15 is 0 Å². The Balaban J connectivity index is 1.74. The average Bonchev–Trinajstić information content (AvgIpc) is 2.79. The van der Waals surface area contributed by atoms with E-state index in [0.717, 1.165) is 0 Å². The van der Waals surface area contributed by atoms with Gasteiger partial charge in [0.1, 0.15) is 17.2 Å². The normalized spacial score (nSPS) is 17.2. The summed E-state index contributed by atoms with van der Waals surface area (Å²) in [6, 6.07) is 11.4. The van der Waals surface area contributed by atoms with Gasteiger partial charge in [-0.05, 0) is 49.2 Å². The minimum Gasteiger partial charge on any atom is -0.497 e. The summed E-state index contributed by atoms with van der Waals surface area (Å²) < 4.78 is 43.0. The molecule has 1 aliphatic heterocycles. The lowest BCUT2D eigenvalue weighted by atomic mass is 9.98. The molecule has 1 saturated heterocycles. The van der Waals surface area contributed by atoms with Crippen molar-refractivity contribution in [1.82, 2.24) is 4.31 Å². The van der Waals surface area contributed by atoms with Crippen LogP contribution in [0.3, 0.4) is 0 Å². The molecule has 0 radical (unpaired) electrons. The number of nitrogens with zero attached hydrogens (tertiary/aromatic N) is 1. The molecule has 2 aromatic rings. The van der Waals surface area contributed by atoms with Crippen molar-refractivity contribution in [2.24, 2.45) is 5.92 Å². The first-order valence-electron chi connectivity index (χ1n) is 9.56. The zero-order chi connectivity index (χ0) is 21.7. The van der Waals surface area contributed by atoms with Gasteiger partial charge in [0.25, 0.3) is 0 Å². The molecule has 9 heteroatoms. The lowest BCUT2D eigenvalue weighted by Gasteiger charge is -2.31. The van der Waals surface area contributed by atoms with E-state index in [1.54, 1.807) is 30.3 Å². The van der Waals surface area contributed by atoms with Crippen LogP contribution in [0.25, 0.3) is 0 Å². The quantitative estimate of drug-likeness (QED) is 0.720. The van der Waals surface area contributed by atoms with Crippen molar-refractivity contribution < 1.29 is 27.4 Å². The molecule has 1 atom stereocenters. The molecule has 162 valence electrons. The minimum atomic E-state index is -3.70. The summed E-state index contributed by atoms with van der Waals surface area (Å²) in [6.07, 6.45) is 1.20. The number of ether oxygens (including phenoxy) is 3. The van der Waals surface area contributed by atoms with Crippen molar-refractivity contribution in [2.45, 2.75) is 17.7 Å². The van der Waals surface area contributed by atoms with Gasteiger partial charge < -0.3 is 19.5 Å². The predicted molar refractivity (Wildman–Crippen MR) is 113 cm³/mol. The van der Waals surface area contributed by atoms with Crippen molar-refractivity contribution in [1.29, 1.82) is 0 Å². The van der Waals surface area contributed by atoms with E-state index in [0.29, 0.717) is 42.3 Å². The molecule has 0 spiro atoms. The molecule has 1 heterocycles. The number of sulfonamides is 1. The Morgan fingerprint density at radius 2 is 1.67 bits per heavy atom. The third kappa shape index (κ3) is 4.68. The lowest BCUT2D eigenvalue weighted by molar-refractivity contribution is -0.120. The molecule has 3 rings (SSSR count). The highest BCUT2D eigenvalue weighted by molar-refractivity contribution is 7.89. The largest absolute Gasteiger partial charge is 0.497 e. The van der Waals surface area contributed by atoms with Crippen LogP contribution >= 0.6 is 0 Å². The maximum atomic E-state index is 13.0. The topological polar surface area (TPSA) is 94.2 Å². The van der Waals surface area contributed by atoms with Gasteiger partial charge in [0.15, 0.2) is 0 Å². The maximum absolute atomic E-state index is 13.0. The number of benzene rings is 2. The number of nitrogens with one attached hydrogen (secondary N) is 1. The monoisotopic (exact) mass is 434 g/mol. The Hall–Kier alpha value is -2.78. The fourth-order valence-corrected chi connectivity index (χ4v) is 4.94. The Labute approximate surface area is 176 Å². The number of amides is 1. The molecule has 2 aromatic carbocycles. The molecule has 1 fully saturated rings. The minimum absolute atomic E-state index is 0.118. The van der Waals surface area contributed by atoms with E-state index in [4.69, 9.17) is 14.2 Å². The highest BCUT2D eigenvalue weighted by atomic mass is 32.2. The van der Waals surface area contributed by atoms with E-state index in [1.807, 2.05) is 0 Å². The zero-order valence-corrected chi connectivity index (χ0v) is 18.1. The average molecular weight is 435 g/mol. The Morgan fingerprint density at radius 3 is 2.30 bits per heavy atom. The number of hydrogen-bond donors (Lipinski definition) is 1. The fourth-order valence-electron chi connectivity index (χ4n) is 3.42. The van der Waals surface area contributed by atoms with Crippen LogP contribution in [0.5, 0.6) is 17.2 Å². The van der Waals surface area contributed by atoms with Crippen LogP contribution in [-0.4, -0.2) is 53.0 Å². The molecular formula is C21H26N2O6S. The number of rotatable bonds is 7. The van der Waals surface area contributed by atoms with Gasteiger partial charge in [-0.3, -0.25) is 4.79 Å². The Kier molecular flexibility index (Phi) is 6.84. The van der Waals surface area contributed by atoms with E-state index in [9.17, 15) is 13.2 Å². The SMILES string of the molecule is COc1ccc(S(=O)(=O)N2CCC[C@H](C(=O)Nc3cc(OC)ccc3OC)C2)cc1. The highest BCUT2D eigenvalue weighted by Gasteiger charge is 2.33. The summed E-state index contributed by atoms with van der Waals surface area (Å²) in [5.41, 5.74) is 0.483. The first-order valence-corrected chi connectivity index (χ1v) is 11.0. The highest BCUT2D eigenvalue weighted by Crippen LogP contribution is 2.31. The number of hydrogen-bond acceptors (Lipinski definition) is 6. The van der Waals surface area contributed by atoms with Crippen LogP contribution in [0, 0.1) is 5.92 Å². The number of piperidine rings is 1. The van der Waals surface area contributed by atoms with Gasteiger partial charge in [-0.2, -0.15) is 4.31 Å². The second-order valence-corrected chi connectivity index (χ2v) is 8.87. The van der Waals surface area contributed by atoms with Gasteiger partial charge in [-0.1, -0.05) is 0 Å². The molecule has 1 aliphatic rings. The van der Waals surface area contributed by atoms with Gasteiger partial charge in [0.2, 0.25) is 15.9 Å². The number of methoxy groups -OCH3 is 3. The van der Waals surface area contributed by atoms with Gasteiger partial charge >= 0.3 is 0 Å². The molecule has 0 bridgehead atoms. The molecule has 0 aromatic heterocycles. The second-order valence-electron chi connectivity index (χ2n) is 6.93. The number of carbonyl (C=O) groups is 1. The van der Waals surface area contributed by atoms with Gasteiger partial charge in [-0.25, -0.2) is 8.42 Å². The molecule has 0 saturated carbocycles. The summed E-state index contributed by atoms with van der Waals surface area (Å²) in [7, 11) is 0.879. The Bertz CT molecular complexity index is 991. The zero-order valence-electron chi connectivity index (χ0n) is 17.3. The summed E-state index contributed by atoms with van der Waals surface area (Å²) >= 11 is 0. The van der Waals surface area contributed by atoms with Crippen LogP contribution in [0.2, 0.25) is 0 Å². The predicted octanol–water partition coefficient (Wildman–Crippen LogP) is 2.75. The van der Waals surface area contributed by atoms with Gasteiger partial charge in [0, 0.05) is 19.2 Å². The van der Waals surface area contributed by atoms with Crippen LogP contribution < -0.4 is 19.5 Å².